The van der Waals surface area contributed by atoms with Gasteiger partial charge < -0.3 is 19.7 Å². The Morgan fingerprint density at radius 3 is 2.53 bits per heavy atom. The van der Waals surface area contributed by atoms with Crippen molar-refractivity contribution in [1.29, 1.82) is 0 Å². The van der Waals surface area contributed by atoms with Crippen LogP contribution in [0.2, 0.25) is 0 Å². The fourth-order valence-corrected chi connectivity index (χ4v) is 6.16. The van der Waals surface area contributed by atoms with Crippen LogP contribution in [0.1, 0.15) is 37.9 Å². The van der Waals surface area contributed by atoms with Crippen molar-refractivity contribution in [1.82, 2.24) is 9.47 Å². The van der Waals surface area contributed by atoms with E-state index in [0.717, 1.165) is 11.3 Å². The van der Waals surface area contributed by atoms with Gasteiger partial charge in [0.2, 0.25) is 0 Å². The number of nitrogens with one attached hydrogen (secondary N) is 1. The lowest BCUT2D eigenvalue weighted by Crippen LogP contribution is -2.43. The second-order valence-corrected chi connectivity index (χ2v) is 9.84. The van der Waals surface area contributed by atoms with Crippen molar-refractivity contribution < 1.29 is 19.1 Å². The molecule has 5 rings (SSSR count). The molecular weight excluding hydrogens is 504 g/mol. The van der Waals surface area contributed by atoms with Gasteiger partial charge in [-0.3, -0.25) is 19.0 Å². The number of carbonyl (C=O) groups is 2. The van der Waals surface area contributed by atoms with Crippen LogP contribution in [0.25, 0.3) is 5.57 Å². The number of allylic oxidation sites excluding steroid dienone is 1. The zero-order chi connectivity index (χ0) is 27.1. The third-order valence-electron chi connectivity index (χ3n) is 6.91. The van der Waals surface area contributed by atoms with Gasteiger partial charge in [0.1, 0.15) is 22.1 Å². The molecule has 0 fully saturated rings. The Kier molecular flexibility index (Phi) is 6.66. The van der Waals surface area contributed by atoms with E-state index in [4.69, 9.17) is 14.5 Å². The molecule has 2 aliphatic rings. The average molecular weight is 533 g/mol. The van der Waals surface area contributed by atoms with Crippen molar-refractivity contribution in [2.75, 3.05) is 32.6 Å². The van der Waals surface area contributed by atoms with Crippen LogP contribution < -0.4 is 29.7 Å². The summed E-state index contributed by atoms with van der Waals surface area (Å²) in [7, 11) is 3.09. The van der Waals surface area contributed by atoms with Gasteiger partial charge in [-0.2, -0.15) is 0 Å². The minimum atomic E-state index is -0.835. The molecule has 1 aromatic heterocycles. The number of hydrogen-bond donors (Lipinski definition) is 1. The lowest BCUT2D eigenvalue weighted by molar-refractivity contribution is -0.127. The van der Waals surface area contributed by atoms with E-state index < -0.39 is 11.6 Å². The van der Waals surface area contributed by atoms with Gasteiger partial charge in [0.15, 0.2) is 4.80 Å². The molecule has 2 aliphatic heterocycles. The number of nitrogens with zero attached hydrogens (tertiary/aromatic N) is 3. The smallest absolute Gasteiger partial charge is 0.271 e. The first kappa shape index (κ1) is 25.5. The molecule has 0 saturated carbocycles. The number of carbonyl (C=O) groups excluding carboxylic acids is 2. The van der Waals surface area contributed by atoms with Gasteiger partial charge in [-0.1, -0.05) is 29.5 Å². The molecule has 0 spiro atoms. The number of likely N-dealkylation sites (N-methyl/N-ethyl adjacent to an activating group) is 1. The Labute approximate surface area is 223 Å². The highest BCUT2D eigenvalue weighted by Gasteiger charge is 2.37. The molecule has 196 valence electrons. The minimum Gasteiger partial charge on any atom is -0.497 e. The van der Waals surface area contributed by atoms with E-state index in [1.807, 2.05) is 32.0 Å². The highest BCUT2D eigenvalue weighted by atomic mass is 32.1. The molecule has 2 amide bonds. The standard InChI is InChI=1S/C28H28N4O5S/c1-6-31(7-2)26(34)21-15(3)29-28-32(23(21)18-14-16(36-4)12-13-20(18)37-5)27(35)24(38-28)22-17-10-8-9-11-19(17)30-25(22)33/h8-14,23H,6-7H2,1-5H3,(H,30,33)/b24-22-. The maximum absolute atomic E-state index is 14.2. The molecule has 1 unspecified atom stereocenters. The van der Waals surface area contributed by atoms with Crippen molar-refractivity contribution in [2.45, 2.75) is 26.8 Å². The lowest BCUT2D eigenvalue weighted by atomic mass is 9.93. The summed E-state index contributed by atoms with van der Waals surface area (Å²) in [4.78, 5) is 47.8. The van der Waals surface area contributed by atoms with Crippen molar-refractivity contribution in [2.24, 2.45) is 4.99 Å². The molecule has 38 heavy (non-hydrogen) atoms. The number of para-hydroxylation sites is 1. The first-order valence-corrected chi connectivity index (χ1v) is 13.1. The summed E-state index contributed by atoms with van der Waals surface area (Å²) < 4.78 is 12.9. The Morgan fingerprint density at radius 2 is 1.84 bits per heavy atom. The minimum absolute atomic E-state index is 0.215. The van der Waals surface area contributed by atoms with Gasteiger partial charge in [0.05, 0.1) is 31.1 Å². The Morgan fingerprint density at radius 1 is 1.11 bits per heavy atom. The Bertz CT molecular complexity index is 1680. The SMILES string of the molecule is CCN(CC)C(=O)C1=C(C)N=c2s/c(=C3\C(=O)Nc4ccccc43)c(=O)n2C1c1cc(OC)ccc1OC. The van der Waals surface area contributed by atoms with Gasteiger partial charge in [-0.15, -0.1) is 0 Å². The maximum atomic E-state index is 14.2. The number of amides is 2. The molecule has 1 atom stereocenters. The molecule has 0 saturated heterocycles. The fourth-order valence-electron chi connectivity index (χ4n) is 5.02. The molecular formula is C28H28N4O5S. The predicted octanol–water partition coefficient (Wildman–Crippen LogP) is 2.44. The summed E-state index contributed by atoms with van der Waals surface area (Å²) in [5.74, 6) is 0.492. The van der Waals surface area contributed by atoms with E-state index in [2.05, 4.69) is 5.32 Å². The number of hydrogen-bond acceptors (Lipinski definition) is 7. The van der Waals surface area contributed by atoms with Crippen molar-refractivity contribution in [3.05, 3.63) is 84.5 Å². The first-order valence-electron chi connectivity index (χ1n) is 12.3. The van der Waals surface area contributed by atoms with Crippen LogP contribution >= 0.6 is 11.3 Å². The van der Waals surface area contributed by atoms with E-state index in [1.54, 1.807) is 50.3 Å². The molecule has 10 heteroatoms. The van der Waals surface area contributed by atoms with Crippen LogP contribution in [0.4, 0.5) is 5.69 Å². The summed E-state index contributed by atoms with van der Waals surface area (Å²) >= 11 is 1.14. The molecule has 3 aromatic rings. The van der Waals surface area contributed by atoms with Gasteiger partial charge in [0.25, 0.3) is 17.4 Å². The van der Waals surface area contributed by atoms with Gasteiger partial charge in [-0.05, 0) is 45.0 Å². The zero-order valence-corrected chi connectivity index (χ0v) is 22.6. The van der Waals surface area contributed by atoms with Crippen LogP contribution in [-0.4, -0.2) is 48.6 Å². The summed E-state index contributed by atoms with van der Waals surface area (Å²) in [6, 6.07) is 11.7. The lowest BCUT2D eigenvalue weighted by Gasteiger charge is -2.30. The van der Waals surface area contributed by atoms with Crippen LogP contribution in [0, 0.1) is 0 Å². The number of ether oxygens (including phenoxy) is 2. The highest BCUT2D eigenvalue weighted by Crippen LogP contribution is 2.38. The van der Waals surface area contributed by atoms with Crippen molar-refractivity contribution >= 4 is 34.4 Å². The van der Waals surface area contributed by atoms with Gasteiger partial charge >= 0.3 is 0 Å². The third kappa shape index (κ3) is 3.92. The number of thiazole rings is 1. The number of aromatic nitrogens is 1. The number of rotatable bonds is 6. The molecule has 2 aromatic carbocycles. The van der Waals surface area contributed by atoms with Crippen LogP contribution in [0.15, 0.2) is 63.5 Å². The van der Waals surface area contributed by atoms with Crippen molar-refractivity contribution in [3.8, 4) is 11.5 Å². The predicted molar refractivity (Wildman–Crippen MR) is 145 cm³/mol. The molecule has 1 N–H and O–H groups in total. The summed E-state index contributed by atoms with van der Waals surface area (Å²) in [6.45, 7) is 6.59. The number of benzene rings is 2. The molecule has 9 nitrogen and oxygen atoms in total. The normalized spacial score (nSPS) is 17.4. The number of anilines is 1. The van der Waals surface area contributed by atoms with E-state index >= 15 is 0 Å². The molecule has 0 aliphatic carbocycles. The Hall–Kier alpha value is -4.18. The topological polar surface area (TPSA) is 102 Å². The largest absolute Gasteiger partial charge is 0.497 e. The van der Waals surface area contributed by atoms with Crippen molar-refractivity contribution in [3.63, 3.8) is 0 Å². The second kappa shape index (κ2) is 9.94. The zero-order valence-electron chi connectivity index (χ0n) is 21.8. The fraction of sp³-hybridized carbons (Fsp3) is 0.286. The number of fused-ring (bicyclic) bond motifs is 2. The van der Waals surface area contributed by atoms with E-state index in [-0.39, 0.29) is 16.3 Å². The second-order valence-electron chi connectivity index (χ2n) is 8.86. The van der Waals surface area contributed by atoms with E-state index in [9.17, 15) is 14.4 Å². The number of methoxy groups -OCH3 is 2. The van der Waals surface area contributed by atoms with Gasteiger partial charge in [-0.25, -0.2) is 4.99 Å². The monoisotopic (exact) mass is 532 g/mol. The quantitative estimate of drug-likeness (QED) is 0.526. The summed E-state index contributed by atoms with van der Waals surface area (Å²) in [5, 5.41) is 2.84. The molecule has 0 radical (unpaired) electrons. The first-order chi connectivity index (χ1) is 18.3. The maximum Gasteiger partial charge on any atom is 0.271 e. The van der Waals surface area contributed by atoms with Crippen LogP contribution in [-0.2, 0) is 9.59 Å². The Balaban J connectivity index is 1.86. The average Bonchev–Trinajstić information content (AvgIpc) is 3.42. The summed E-state index contributed by atoms with van der Waals surface area (Å²) in [5.41, 5.74) is 2.68. The van der Waals surface area contributed by atoms with E-state index in [0.29, 0.717) is 63.0 Å². The highest BCUT2D eigenvalue weighted by molar-refractivity contribution is 7.07. The van der Waals surface area contributed by atoms with E-state index in [1.165, 1.54) is 4.57 Å². The molecule has 0 bridgehead atoms. The molecule has 3 heterocycles. The van der Waals surface area contributed by atoms with Crippen LogP contribution in [0.5, 0.6) is 11.5 Å². The summed E-state index contributed by atoms with van der Waals surface area (Å²) in [6.07, 6.45) is 0. The van der Waals surface area contributed by atoms with Gasteiger partial charge in [0, 0.05) is 29.9 Å². The third-order valence-corrected chi connectivity index (χ3v) is 7.96. The van der Waals surface area contributed by atoms with Crippen LogP contribution in [0.3, 0.4) is 0 Å².